The first-order chi connectivity index (χ1) is 26.7. The van der Waals surface area contributed by atoms with Crippen molar-refractivity contribution in [2.45, 2.75) is 0 Å². The van der Waals surface area contributed by atoms with Crippen LogP contribution in [0.2, 0.25) is 0 Å². The number of rotatable bonds is 4. The first-order valence-corrected chi connectivity index (χ1v) is 16.0. The Morgan fingerprint density at radius 1 is 0.196 bits per heavy atom. The van der Waals surface area contributed by atoms with Crippen molar-refractivity contribution in [2.24, 2.45) is 0 Å². The molecule has 0 heterocycles. The van der Waals surface area contributed by atoms with E-state index in [1.165, 1.54) is 84.9 Å². The van der Waals surface area contributed by atoms with Crippen LogP contribution in [0.15, 0.2) is 84.9 Å². The fraction of sp³-hybridized carbons (Fsp3) is 0. The van der Waals surface area contributed by atoms with E-state index < -0.39 is 125 Å². The second-order valence-electron chi connectivity index (χ2n) is 12.4. The number of fused-ring (bicyclic) bond motifs is 3. The SMILES string of the molecule is Fc1c(F)c(F)c(-c2c3c(F)c(F)c(F)c(F)c3c(-c3c(F)c(F)c(F)c(F)c3F)c3c(-c4ccccc4)c4ccccc4c(-c4ccccc4)c23)c(F)c1F. The molecule has 8 aromatic carbocycles. The van der Waals surface area contributed by atoms with Gasteiger partial charge in [0.2, 0.25) is 11.6 Å². The van der Waals surface area contributed by atoms with E-state index in [0.29, 0.717) is 0 Å². The van der Waals surface area contributed by atoms with Crippen LogP contribution in [0.1, 0.15) is 0 Å². The fourth-order valence-corrected chi connectivity index (χ4v) is 7.25. The van der Waals surface area contributed by atoms with Crippen LogP contribution >= 0.6 is 0 Å². The summed E-state index contributed by atoms with van der Waals surface area (Å²) in [4.78, 5) is 0. The minimum absolute atomic E-state index is 0.00125. The summed E-state index contributed by atoms with van der Waals surface area (Å²) in [6.07, 6.45) is 0. The lowest BCUT2D eigenvalue weighted by molar-refractivity contribution is 0.381. The Balaban J connectivity index is 1.91. The van der Waals surface area contributed by atoms with E-state index in [4.69, 9.17) is 0 Å². The molecule has 8 rings (SSSR count). The van der Waals surface area contributed by atoms with E-state index in [1.54, 1.807) is 0 Å². The standard InChI is InChI=1S/C42H14F14/c43-29-25-23(27-31(45)37(51)41(55)38(52)32(27)46)21-19(15-9-3-1-4-10-15)17-13-7-8-14-18(17)20(16-11-5-2-6-12-16)22(21)24(26(25)30(44)36(50)35(29)49)28-33(47)39(53)42(56)40(54)34(28)48/h1-14H. The highest BCUT2D eigenvalue weighted by molar-refractivity contribution is 6.34. The van der Waals surface area contributed by atoms with Gasteiger partial charge in [0.25, 0.3) is 0 Å². The summed E-state index contributed by atoms with van der Waals surface area (Å²) in [6, 6.07) is 19.3. The molecule has 0 aliphatic heterocycles. The maximum atomic E-state index is 16.6. The van der Waals surface area contributed by atoms with Crippen LogP contribution in [0.3, 0.4) is 0 Å². The molecular weight excluding hydrogens is 770 g/mol. The second-order valence-corrected chi connectivity index (χ2v) is 12.4. The van der Waals surface area contributed by atoms with Gasteiger partial charge in [-0.05, 0) is 33.0 Å². The lowest BCUT2D eigenvalue weighted by Crippen LogP contribution is -2.10. The molecule has 0 spiro atoms. The molecule has 0 bridgehead atoms. The Bertz CT molecular complexity index is 2740. The van der Waals surface area contributed by atoms with Crippen LogP contribution in [-0.4, -0.2) is 0 Å². The molecule has 0 unspecified atom stereocenters. The predicted octanol–water partition coefficient (Wildman–Crippen LogP) is 13.8. The van der Waals surface area contributed by atoms with Crippen molar-refractivity contribution in [3.05, 3.63) is 166 Å². The quantitative estimate of drug-likeness (QED) is 0.0722. The molecule has 0 saturated carbocycles. The summed E-state index contributed by atoms with van der Waals surface area (Å²) < 4.78 is 218. The van der Waals surface area contributed by atoms with Gasteiger partial charge in [0.15, 0.2) is 69.8 Å². The summed E-state index contributed by atoms with van der Waals surface area (Å²) in [7, 11) is 0. The Kier molecular flexibility index (Phi) is 8.55. The second kappa shape index (κ2) is 13.1. The average Bonchev–Trinajstić information content (AvgIpc) is 3.22. The third kappa shape index (κ3) is 4.93. The van der Waals surface area contributed by atoms with Gasteiger partial charge in [-0.3, -0.25) is 0 Å². The van der Waals surface area contributed by atoms with Crippen LogP contribution in [0, 0.1) is 81.4 Å². The van der Waals surface area contributed by atoms with E-state index in [1.807, 2.05) is 0 Å². The molecule has 0 aromatic heterocycles. The molecule has 56 heavy (non-hydrogen) atoms. The van der Waals surface area contributed by atoms with Crippen molar-refractivity contribution in [3.8, 4) is 44.5 Å². The van der Waals surface area contributed by atoms with Gasteiger partial charge < -0.3 is 0 Å². The normalized spacial score (nSPS) is 11.8. The highest BCUT2D eigenvalue weighted by Crippen LogP contribution is 2.56. The first kappa shape index (κ1) is 36.5. The van der Waals surface area contributed by atoms with Crippen molar-refractivity contribution in [1.82, 2.24) is 0 Å². The minimum atomic E-state index is -2.73. The molecule has 0 fully saturated rings. The van der Waals surface area contributed by atoms with Gasteiger partial charge in [-0.15, -0.1) is 0 Å². The van der Waals surface area contributed by atoms with E-state index in [2.05, 4.69) is 0 Å². The third-order valence-electron chi connectivity index (χ3n) is 9.53. The highest BCUT2D eigenvalue weighted by Gasteiger charge is 2.38. The lowest BCUT2D eigenvalue weighted by atomic mass is 9.77. The largest absolute Gasteiger partial charge is 0.203 e. The maximum absolute atomic E-state index is 16.6. The molecule has 0 atom stereocenters. The molecule has 0 N–H and O–H groups in total. The maximum Gasteiger partial charge on any atom is 0.200 e. The van der Waals surface area contributed by atoms with Gasteiger partial charge in [-0.1, -0.05) is 84.9 Å². The van der Waals surface area contributed by atoms with Gasteiger partial charge in [0.05, 0.1) is 11.1 Å². The molecule has 0 radical (unpaired) electrons. The van der Waals surface area contributed by atoms with Crippen molar-refractivity contribution in [3.63, 3.8) is 0 Å². The van der Waals surface area contributed by atoms with E-state index in [0.717, 1.165) is 0 Å². The van der Waals surface area contributed by atoms with Crippen molar-refractivity contribution in [1.29, 1.82) is 0 Å². The number of hydrogen-bond acceptors (Lipinski definition) is 0. The Morgan fingerprint density at radius 3 is 0.750 bits per heavy atom. The number of benzene rings is 8. The molecule has 14 heteroatoms. The first-order valence-electron chi connectivity index (χ1n) is 16.0. The summed E-state index contributed by atoms with van der Waals surface area (Å²) >= 11 is 0. The average molecular weight is 785 g/mol. The van der Waals surface area contributed by atoms with Crippen LogP contribution in [0.4, 0.5) is 61.5 Å². The molecule has 0 aliphatic rings. The molecule has 0 aliphatic carbocycles. The van der Waals surface area contributed by atoms with Crippen LogP contribution in [0.25, 0.3) is 76.8 Å². The van der Waals surface area contributed by atoms with Gasteiger partial charge >= 0.3 is 0 Å². The lowest BCUT2D eigenvalue weighted by Gasteiger charge is -2.26. The van der Waals surface area contributed by atoms with E-state index >= 15 is 52.7 Å². The molecule has 8 aromatic rings. The number of halogens is 14. The zero-order valence-electron chi connectivity index (χ0n) is 27.4. The smallest absolute Gasteiger partial charge is 0.200 e. The monoisotopic (exact) mass is 784 g/mol. The Labute approximate surface area is 304 Å². The summed E-state index contributed by atoms with van der Waals surface area (Å²) in [5, 5.41) is -5.65. The van der Waals surface area contributed by atoms with Gasteiger partial charge in [0.1, 0.15) is 0 Å². The van der Waals surface area contributed by atoms with Crippen LogP contribution in [-0.2, 0) is 0 Å². The van der Waals surface area contributed by atoms with E-state index in [9.17, 15) is 8.78 Å². The minimum Gasteiger partial charge on any atom is -0.203 e. The van der Waals surface area contributed by atoms with Crippen molar-refractivity contribution >= 4 is 32.3 Å². The van der Waals surface area contributed by atoms with Crippen molar-refractivity contribution in [2.75, 3.05) is 0 Å². The molecule has 0 amide bonds. The molecule has 280 valence electrons. The van der Waals surface area contributed by atoms with Gasteiger partial charge in [0, 0.05) is 32.7 Å². The van der Waals surface area contributed by atoms with Gasteiger partial charge in [-0.2, -0.15) is 0 Å². The summed E-state index contributed by atoms with van der Waals surface area (Å²) in [6.45, 7) is 0. The van der Waals surface area contributed by atoms with E-state index in [-0.39, 0.29) is 33.0 Å². The zero-order chi connectivity index (χ0) is 40.1. The van der Waals surface area contributed by atoms with Crippen LogP contribution in [0.5, 0.6) is 0 Å². The zero-order valence-corrected chi connectivity index (χ0v) is 27.4. The summed E-state index contributed by atoms with van der Waals surface area (Å²) in [5.41, 5.74) is -7.97. The molecular formula is C42H14F14. The number of hydrogen-bond donors (Lipinski definition) is 0. The predicted molar refractivity (Wildman–Crippen MR) is 180 cm³/mol. The third-order valence-corrected chi connectivity index (χ3v) is 9.53. The Morgan fingerprint density at radius 2 is 0.446 bits per heavy atom. The van der Waals surface area contributed by atoms with Crippen molar-refractivity contribution < 1.29 is 61.5 Å². The highest BCUT2D eigenvalue weighted by atomic mass is 19.2. The fourth-order valence-electron chi connectivity index (χ4n) is 7.25. The Hall–Kier alpha value is -6.44. The van der Waals surface area contributed by atoms with Crippen LogP contribution < -0.4 is 0 Å². The molecule has 0 nitrogen and oxygen atoms in total. The topological polar surface area (TPSA) is 0 Å². The van der Waals surface area contributed by atoms with Gasteiger partial charge in [-0.25, -0.2) is 61.5 Å². The molecule has 0 saturated heterocycles. The summed E-state index contributed by atoms with van der Waals surface area (Å²) in [5.74, 6) is -37.3.